The van der Waals surface area contributed by atoms with Crippen LogP contribution in [0.4, 0.5) is 10.1 Å². The fourth-order valence-corrected chi connectivity index (χ4v) is 4.68. The number of carbonyl (C=O) groups is 2. The summed E-state index contributed by atoms with van der Waals surface area (Å²) in [6.45, 7) is 0.469. The van der Waals surface area contributed by atoms with Gasteiger partial charge in [-0.05, 0) is 78.4 Å². The van der Waals surface area contributed by atoms with Crippen LogP contribution in [0.15, 0.2) is 66.7 Å². The van der Waals surface area contributed by atoms with Crippen LogP contribution in [-0.4, -0.2) is 36.4 Å². The van der Waals surface area contributed by atoms with E-state index in [2.05, 4.69) is 16.5 Å². The number of hydrogen-bond acceptors (Lipinski definition) is 3. The van der Waals surface area contributed by atoms with Crippen molar-refractivity contribution in [2.24, 2.45) is 0 Å². The Hall–Kier alpha value is -3.68. The van der Waals surface area contributed by atoms with Crippen LogP contribution < -0.4 is 10.3 Å². The SMILES string of the molecule is CN(C=O)c1ccc(Cl)cc1.CN1Cc2cc(F)cc(c2)CCCc2[nH]c3ccccc3c2CC(=O)N1. The number of carbonyl (C=O) groups excluding carboxylic acids is 2. The Morgan fingerprint density at radius 2 is 1.76 bits per heavy atom. The summed E-state index contributed by atoms with van der Waals surface area (Å²) in [6, 6.07) is 20.3. The molecule has 37 heavy (non-hydrogen) atoms. The van der Waals surface area contributed by atoms with E-state index in [-0.39, 0.29) is 11.7 Å². The van der Waals surface area contributed by atoms with Gasteiger partial charge < -0.3 is 9.88 Å². The molecule has 0 spiro atoms. The van der Waals surface area contributed by atoms with E-state index in [1.54, 1.807) is 49.4 Å². The molecule has 0 unspecified atom stereocenters. The maximum absolute atomic E-state index is 13.9. The van der Waals surface area contributed by atoms with Crippen molar-refractivity contribution in [1.29, 1.82) is 0 Å². The minimum Gasteiger partial charge on any atom is -0.358 e. The monoisotopic (exact) mass is 520 g/mol. The third-order valence-electron chi connectivity index (χ3n) is 6.28. The third kappa shape index (κ3) is 6.96. The zero-order chi connectivity index (χ0) is 26.4. The first-order valence-electron chi connectivity index (χ1n) is 12.1. The first kappa shape index (κ1) is 26.4. The fourth-order valence-electron chi connectivity index (χ4n) is 4.56. The first-order valence-corrected chi connectivity index (χ1v) is 12.5. The average Bonchev–Trinajstić information content (AvgIpc) is 3.20. The van der Waals surface area contributed by atoms with Crippen LogP contribution >= 0.6 is 11.6 Å². The summed E-state index contributed by atoms with van der Waals surface area (Å²) in [4.78, 5) is 27.8. The van der Waals surface area contributed by atoms with Crippen LogP contribution in [-0.2, 0) is 35.4 Å². The van der Waals surface area contributed by atoms with Crippen LogP contribution in [0, 0.1) is 5.82 Å². The molecule has 4 aromatic rings. The zero-order valence-corrected chi connectivity index (χ0v) is 21.7. The number of rotatable bonds is 2. The number of anilines is 1. The summed E-state index contributed by atoms with van der Waals surface area (Å²) < 4.78 is 13.9. The molecule has 2 heterocycles. The number of H-pyrrole nitrogens is 1. The van der Waals surface area contributed by atoms with Crippen molar-refractivity contribution in [3.63, 3.8) is 0 Å². The molecular weight excluding hydrogens is 491 g/mol. The molecule has 1 aromatic heterocycles. The lowest BCUT2D eigenvalue weighted by atomic mass is 10.0. The highest BCUT2D eigenvalue weighted by molar-refractivity contribution is 6.30. The third-order valence-corrected chi connectivity index (χ3v) is 6.53. The number of benzene rings is 3. The van der Waals surface area contributed by atoms with Gasteiger partial charge in [0.1, 0.15) is 5.82 Å². The molecule has 2 bridgehead atoms. The number of amides is 2. The van der Waals surface area contributed by atoms with Crippen molar-refractivity contribution in [2.75, 3.05) is 19.0 Å². The van der Waals surface area contributed by atoms with E-state index in [1.807, 2.05) is 24.3 Å². The number of hydrazine groups is 1. The van der Waals surface area contributed by atoms with Gasteiger partial charge in [0.25, 0.3) is 0 Å². The molecule has 192 valence electrons. The minimum absolute atomic E-state index is 0.0608. The molecule has 0 saturated heterocycles. The minimum atomic E-state index is -0.224. The van der Waals surface area contributed by atoms with Gasteiger partial charge >= 0.3 is 0 Å². The number of aromatic amines is 1. The van der Waals surface area contributed by atoms with E-state index in [9.17, 15) is 14.0 Å². The Balaban J connectivity index is 0.000000245. The topological polar surface area (TPSA) is 68.4 Å². The van der Waals surface area contributed by atoms with Gasteiger partial charge in [-0.25, -0.2) is 9.40 Å². The predicted molar refractivity (Wildman–Crippen MR) is 146 cm³/mol. The quantitative estimate of drug-likeness (QED) is 0.346. The van der Waals surface area contributed by atoms with Crippen LogP contribution in [0.5, 0.6) is 0 Å². The summed E-state index contributed by atoms with van der Waals surface area (Å²) in [5, 5.41) is 3.49. The van der Waals surface area contributed by atoms with Crippen LogP contribution in [0.1, 0.15) is 28.8 Å². The highest BCUT2D eigenvalue weighted by Crippen LogP contribution is 2.25. The average molecular weight is 521 g/mol. The number of hydrogen-bond donors (Lipinski definition) is 2. The van der Waals surface area contributed by atoms with E-state index in [4.69, 9.17) is 11.6 Å². The molecule has 0 atom stereocenters. The molecule has 0 aliphatic carbocycles. The number of aromatic nitrogens is 1. The van der Waals surface area contributed by atoms with Crippen LogP contribution in [0.3, 0.4) is 0 Å². The second-order valence-corrected chi connectivity index (χ2v) is 9.65. The van der Waals surface area contributed by atoms with E-state index in [1.165, 1.54) is 11.0 Å². The van der Waals surface area contributed by atoms with Gasteiger partial charge in [-0.1, -0.05) is 35.9 Å². The molecule has 0 fully saturated rings. The molecule has 5 rings (SSSR count). The Morgan fingerprint density at radius 3 is 2.51 bits per heavy atom. The number of para-hydroxylation sites is 1. The zero-order valence-electron chi connectivity index (χ0n) is 20.9. The summed E-state index contributed by atoms with van der Waals surface area (Å²) >= 11 is 5.65. The van der Waals surface area contributed by atoms with E-state index >= 15 is 0 Å². The lowest BCUT2D eigenvalue weighted by Gasteiger charge is -2.18. The lowest BCUT2D eigenvalue weighted by Crippen LogP contribution is -2.39. The van der Waals surface area contributed by atoms with Gasteiger partial charge in [-0.15, -0.1) is 0 Å². The Morgan fingerprint density at radius 1 is 1.03 bits per heavy atom. The molecule has 6 nitrogen and oxygen atoms in total. The second-order valence-electron chi connectivity index (χ2n) is 9.21. The summed E-state index contributed by atoms with van der Waals surface area (Å²) in [5.41, 5.74) is 8.81. The fraction of sp³-hybridized carbons (Fsp3) is 0.241. The molecule has 0 radical (unpaired) electrons. The Bertz CT molecular complexity index is 1390. The molecule has 0 saturated carbocycles. The first-order chi connectivity index (χ1) is 17.8. The number of fused-ring (bicyclic) bond motifs is 5. The van der Waals surface area contributed by atoms with Crippen molar-refractivity contribution in [2.45, 2.75) is 32.2 Å². The van der Waals surface area contributed by atoms with Gasteiger partial charge in [0, 0.05) is 47.9 Å². The molecular formula is C29H30ClFN4O2. The largest absolute Gasteiger partial charge is 0.358 e. The van der Waals surface area contributed by atoms with Crippen molar-refractivity contribution >= 4 is 40.5 Å². The summed E-state index contributed by atoms with van der Waals surface area (Å²) in [7, 11) is 3.49. The summed E-state index contributed by atoms with van der Waals surface area (Å²) in [6.07, 6.45) is 3.63. The lowest BCUT2D eigenvalue weighted by molar-refractivity contribution is -0.124. The molecule has 3 aromatic carbocycles. The Kier molecular flexibility index (Phi) is 8.58. The van der Waals surface area contributed by atoms with Crippen molar-refractivity contribution < 1.29 is 14.0 Å². The van der Waals surface area contributed by atoms with Crippen molar-refractivity contribution in [3.8, 4) is 0 Å². The number of halogens is 2. The van der Waals surface area contributed by atoms with Crippen LogP contribution in [0.25, 0.3) is 10.9 Å². The van der Waals surface area contributed by atoms with Gasteiger partial charge in [-0.3, -0.25) is 15.0 Å². The normalized spacial score (nSPS) is 14.2. The van der Waals surface area contributed by atoms with Crippen LogP contribution in [0.2, 0.25) is 5.02 Å². The maximum atomic E-state index is 13.9. The van der Waals surface area contributed by atoms with Gasteiger partial charge in [0.05, 0.1) is 6.42 Å². The summed E-state index contributed by atoms with van der Waals surface area (Å²) in [5.74, 6) is -0.284. The van der Waals surface area contributed by atoms with Gasteiger partial charge in [-0.2, -0.15) is 0 Å². The molecule has 2 amide bonds. The predicted octanol–water partition coefficient (Wildman–Crippen LogP) is 5.43. The van der Waals surface area contributed by atoms with E-state index < -0.39 is 0 Å². The van der Waals surface area contributed by atoms with Gasteiger partial charge in [0.2, 0.25) is 12.3 Å². The van der Waals surface area contributed by atoms with Crippen molar-refractivity contribution in [1.82, 2.24) is 15.4 Å². The number of aryl methyl sites for hydroxylation is 2. The van der Waals surface area contributed by atoms with E-state index in [0.717, 1.165) is 64.6 Å². The smallest absolute Gasteiger partial charge is 0.238 e. The molecule has 1 aliphatic heterocycles. The van der Waals surface area contributed by atoms with Gasteiger partial charge in [0.15, 0.2) is 0 Å². The standard InChI is InChI=1S/C21H22FN3O.C8H8ClNO/c1-25-13-15-9-14(10-16(22)11-15)5-4-8-20-18(12-21(26)24-25)17-6-2-3-7-19(17)23-20;1-10(6-11)8-4-2-7(9)3-5-8/h2-3,6-7,9-11,23H,4-5,8,12-13H2,1H3,(H,24,26);2-6H,1H3. The van der Waals surface area contributed by atoms with E-state index in [0.29, 0.717) is 18.0 Å². The second kappa shape index (κ2) is 12.0. The molecule has 2 N–H and O–H groups in total. The Labute approximate surface area is 221 Å². The number of nitrogens with zero attached hydrogens (tertiary/aromatic N) is 2. The maximum Gasteiger partial charge on any atom is 0.238 e. The molecule has 1 aliphatic rings. The molecule has 8 heteroatoms. The highest BCUT2D eigenvalue weighted by atomic mass is 35.5. The van der Waals surface area contributed by atoms with Crippen molar-refractivity contribution in [3.05, 3.63) is 100.0 Å². The highest BCUT2D eigenvalue weighted by Gasteiger charge is 2.17. The number of nitrogens with one attached hydrogen (secondary N) is 2.